The van der Waals surface area contributed by atoms with E-state index in [1.54, 1.807) is 13.0 Å². The monoisotopic (exact) mass is 348 g/mol. The standard InChI is InChI=1S/C15H24O7S/c1-5-15(6-2)20-11-8-10(14(16)19-7-3)9-12(13(11)21-15)22-23(4,17)18/h8,11-13H,5-7,9H2,1-4H3. The van der Waals surface area contributed by atoms with Crippen LogP contribution in [-0.4, -0.2) is 51.3 Å². The molecule has 0 amide bonds. The van der Waals surface area contributed by atoms with Crippen molar-refractivity contribution < 1.29 is 31.6 Å². The van der Waals surface area contributed by atoms with Crippen molar-refractivity contribution in [3.63, 3.8) is 0 Å². The molecule has 0 aromatic carbocycles. The molecule has 1 heterocycles. The first-order valence-electron chi connectivity index (χ1n) is 7.85. The minimum absolute atomic E-state index is 0.111. The van der Waals surface area contributed by atoms with Crippen molar-refractivity contribution in [2.75, 3.05) is 12.9 Å². The molecule has 0 aromatic rings. The van der Waals surface area contributed by atoms with Crippen LogP contribution in [0.25, 0.3) is 0 Å². The van der Waals surface area contributed by atoms with Crippen molar-refractivity contribution >= 4 is 16.1 Å². The molecule has 7 nitrogen and oxygen atoms in total. The van der Waals surface area contributed by atoms with Crippen LogP contribution >= 0.6 is 0 Å². The van der Waals surface area contributed by atoms with Gasteiger partial charge in [0, 0.05) is 12.0 Å². The molecule has 1 saturated heterocycles. The predicted octanol–water partition coefficient (Wildman–Crippen LogP) is 1.52. The molecule has 0 bridgehead atoms. The topological polar surface area (TPSA) is 88.1 Å². The highest BCUT2D eigenvalue weighted by Gasteiger charge is 2.51. The molecule has 3 atom stereocenters. The lowest BCUT2D eigenvalue weighted by Gasteiger charge is -2.29. The highest BCUT2D eigenvalue weighted by Crippen LogP contribution is 2.41. The third-order valence-corrected chi connectivity index (χ3v) is 4.69. The lowest BCUT2D eigenvalue weighted by molar-refractivity contribution is -0.182. The molecule has 0 N–H and O–H groups in total. The molecule has 1 aliphatic carbocycles. The van der Waals surface area contributed by atoms with Gasteiger partial charge in [0.05, 0.1) is 12.9 Å². The van der Waals surface area contributed by atoms with Gasteiger partial charge in [0.2, 0.25) is 0 Å². The Labute approximate surface area is 137 Å². The van der Waals surface area contributed by atoms with E-state index in [9.17, 15) is 13.2 Å². The molecule has 0 saturated carbocycles. The van der Waals surface area contributed by atoms with Crippen LogP contribution in [0.15, 0.2) is 11.6 Å². The second-order valence-electron chi connectivity index (χ2n) is 5.74. The maximum absolute atomic E-state index is 12.0. The second kappa shape index (κ2) is 6.88. The predicted molar refractivity (Wildman–Crippen MR) is 82.1 cm³/mol. The quantitative estimate of drug-likeness (QED) is 0.531. The van der Waals surface area contributed by atoms with Crippen LogP contribution in [-0.2, 0) is 33.3 Å². The van der Waals surface area contributed by atoms with Gasteiger partial charge in [-0.05, 0) is 25.8 Å². The van der Waals surface area contributed by atoms with Crippen LogP contribution in [0.5, 0.6) is 0 Å². The highest BCUT2D eigenvalue weighted by atomic mass is 32.2. The van der Waals surface area contributed by atoms with Gasteiger partial charge in [0.25, 0.3) is 10.1 Å². The lowest BCUT2D eigenvalue weighted by atomic mass is 9.92. The lowest BCUT2D eigenvalue weighted by Crippen LogP contribution is -2.42. The van der Waals surface area contributed by atoms with Gasteiger partial charge in [0.1, 0.15) is 18.3 Å². The third kappa shape index (κ3) is 4.12. The van der Waals surface area contributed by atoms with Crippen LogP contribution in [0.3, 0.4) is 0 Å². The fraction of sp³-hybridized carbons (Fsp3) is 0.800. The molecule has 23 heavy (non-hydrogen) atoms. The zero-order chi connectivity index (χ0) is 17.3. The van der Waals surface area contributed by atoms with Crippen molar-refractivity contribution in [3.05, 3.63) is 11.6 Å². The van der Waals surface area contributed by atoms with E-state index in [1.807, 2.05) is 13.8 Å². The number of ether oxygens (including phenoxy) is 3. The summed E-state index contributed by atoms with van der Waals surface area (Å²) < 4.78 is 45.2. The minimum Gasteiger partial charge on any atom is -0.463 e. The van der Waals surface area contributed by atoms with E-state index in [4.69, 9.17) is 18.4 Å². The number of carbonyl (C=O) groups is 1. The summed E-state index contributed by atoms with van der Waals surface area (Å²) in [7, 11) is -3.69. The van der Waals surface area contributed by atoms with Crippen molar-refractivity contribution in [2.24, 2.45) is 0 Å². The Morgan fingerprint density at radius 1 is 1.30 bits per heavy atom. The van der Waals surface area contributed by atoms with Crippen LogP contribution in [0, 0.1) is 0 Å². The maximum Gasteiger partial charge on any atom is 0.333 e. The number of rotatable bonds is 6. The Morgan fingerprint density at radius 3 is 2.48 bits per heavy atom. The van der Waals surface area contributed by atoms with E-state index in [0.717, 1.165) is 6.26 Å². The van der Waals surface area contributed by atoms with Gasteiger partial charge >= 0.3 is 5.97 Å². The molecule has 0 spiro atoms. The Morgan fingerprint density at radius 2 is 1.96 bits per heavy atom. The highest BCUT2D eigenvalue weighted by molar-refractivity contribution is 7.86. The van der Waals surface area contributed by atoms with Gasteiger partial charge in [0.15, 0.2) is 5.79 Å². The fourth-order valence-electron chi connectivity index (χ4n) is 2.95. The van der Waals surface area contributed by atoms with Gasteiger partial charge in [-0.15, -0.1) is 0 Å². The first-order valence-corrected chi connectivity index (χ1v) is 9.67. The van der Waals surface area contributed by atoms with Gasteiger partial charge < -0.3 is 14.2 Å². The largest absolute Gasteiger partial charge is 0.463 e. The summed E-state index contributed by atoms with van der Waals surface area (Å²) in [6.45, 7) is 5.82. The smallest absolute Gasteiger partial charge is 0.333 e. The molecule has 132 valence electrons. The van der Waals surface area contributed by atoms with E-state index >= 15 is 0 Å². The summed E-state index contributed by atoms with van der Waals surface area (Å²) in [6, 6.07) is 0. The Kier molecular flexibility index (Phi) is 5.50. The molecule has 3 unspecified atom stereocenters. The Hall–Kier alpha value is -0.960. The average molecular weight is 348 g/mol. The fourth-order valence-corrected chi connectivity index (χ4v) is 3.57. The first kappa shape index (κ1) is 18.4. The van der Waals surface area contributed by atoms with Crippen LogP contribution in [0.2, 0.25) is 0 Å². The van der Waals surface area contributed by atoms with Crippen molar-refractivity contribution in [1.29, 1.82) is 0 Å². The molecule has 1 fully saturated rings. The SMILES string of the molecule is CCOC(=O)C1=CC2OC(CC)(CC)OC2C(OS(C)(=O)=O)C1. The molecule has 2 rings (SSSR count). The van der Waals surface area contributed by atoms with Gasteiger partial charge in [-0.25, -0.2) is 4.79 Å². The summed E-state index contributed by atoms with van der Waals surface area (Å²) in [6.07, 6.45) is 2.08. The molecule has 2 aliphatic rings. The van der Waals surface area contributed by atoms with E-state index in [0.29, 0.717) is 18.4 Å². The number of fused-ring (bicyclic) bond motifs is 1. The Balaban J connectivity index is 2.30. The van der Waals surface area contributed by atoms with Crippen LogP contribution in [0.4, 0.5) is 0 Å². The van der Waals surface area contributed by atoms with E-state index < -0.39 is 40.2 Å². The Bertz CT molecular complexity index is 577. The second-order valence-corrected chi connectivity index (χ2v) is 7.34. The van der Waals surface area contributed by atoms with Crippen LogP contribution < -0.4 is 0 Å². The van der Waals surface area contributed by atoms with Gasteiger partial charge in [-0.2, -0.15) is 8.42 Å². The van der Waals surface area contributed by atoms with Crippen molar-refractivity contribution in [3.8, 4) is 0 Å². The van der Waals surface area contributed by atoms with E-state index in [-0.39, 0.29) is 13.0 Å². The molecule has 8 heteroatoms. The maximum atomic E-state index is 12.0. The van der Waals surface area contributed by atoms with E-state index in [1.165, 1.54) is 0 Å². The zero-order valence-corrected chi connectivity index (χ0v) is 14.7. The number of carbonyl (C=O) groups excluding carboxylic acids is 1. The normalized spacial score (nSPS) is 29.7. The van der Waals surface area contributed by atoms with E-state index in [2.05, 4.69) is 0 Å². The van der Waals surface area contributed by atoms with Gasteiger partial charge in [-0.3, -0.25) is 4.18 Å². The summed E-state index contributed by atoms with van der Waals surface area (Å²) in [4.78, 5) is 12.0. The summed E-state index contributed by atoms with van der Waals surface area (Å²) in [5.41, 5.74) is 0.355. The molecule has 0 aromatic heterocycles. The number of hydrogen-bond acceptors (Lipinski definition) is 7. The average Bonchev–Trinajstić information content (AvgIpc) is 2.85. The molecular formula is C15H24O7S. The number of hydrogen-bond donors (Lipinski definition) is 0. The van der Waals surface area contributed by atoms with Crippen molar-refractivity contribution in [2.45, 2.75) is 64.1 Å². The summed E-state index contributed by atoms with van der Waals surface area (Å²) >= 11 is 0. The molecule has 0 radical (unpaired) electrons. The summed E-state index contributed by atoms with van der Waals surface area (Å²) in [5, 5.41) is 0. The van der Waals surface area contributed by atoms with Crippen LogP contribution in [0.1, 0.15) is 40.0 Å². The summed E-state index contributed by atoms with van der Waals surface area (Å²) in [5.74, 6) is -1.27. The van der Waals surface area contributed by atoms with Gasteiger partial charge in [-0.1, -0.05) is 13.8 Å². The molecule has 1 aliphatic heterocycles. The minimum atomic E-state index is -3.69. The van der Waals surface area contributed by atoms with Crippen molar-refractivity contribution in [1.82, 2.24) is 0 Å². The first-order chi connectivity index (χ1) is 10.7. The third-order valence-electron chi connectivity index (χ3n) is 4.09. The number of esters is 1. The zero-order valence-electron chi connectivity index (χ0n) is 13.9. The molecular weight excluding hydrogens is 324 g/mol.